The van der Waals surface area contributed by atoms with Crippen LogP contribution in [0.5, 0.6) is 0 Å². The third kappa shape index (κ3) is 4.35. The number of carboxylic acids is 2. The molecular weight excluding hydrogens is 238 g/mol. The van der Waals surface area contributed by atoms with Crippen LogP contribution in [0, 0.1) is 0 Å². The number of carboxylic acid groups (broad SMARTS) is 2. The highest BCUT2D eigenvalue weighted by molar-refractivity contribution is 5.86. The van der Waals surface area contributed by atoms with Crippen molar-refractivity contribution in [3.63, 3.8) is 0 Å². The summed E-state index contributed by atoms with van der Waals surface area (Å²) in [6.07, 6.45) is 5.44. The lowest BCUT2D eigenvalue weighted by Gasteiger charge is -1.99. The first-order valence-electron chi connectivity index (χ1n) is 4.79. The molecule has 92 valence electrons. The summed E-state index contributed by atoms with van der Waals surface area (Å²) in [6, 6.07) is 5.86. The van der Waals surface area contributed by atoms with Crippen molar-refractivity contribution >= 4 is 11.9 Å². The molecule has 0 aliphatic rings. The maximum atomic E-state index is 10.2. The Bertz CT molecular complexity index is 454. The van der Waals surface area contributed by atoms with Crippen LogP contribution in [0.2, 0.25) is 0 Å². The van der Waals surface area contributed by atoms with E-state index in [2.05, 4.69) is 15.0 Å². The molecule has 18 heavy (non-hydrogen) atoms. The van der Waals surface area contributed by atoms with Gasteiger partial charge in [-0.3, -0.25) is 4.98 Å². The molecule has 2 N–H and O–H groups in total. The fraction of sp³-hybridized carbons (Fsp3) is 0. The Morgan fingerprint density at radius 2 is 1.61 bits per heavy atom. The van der Waals surface area contributed by atoms with Crippen LogP contribution in [0.15, 0.2) is 43.0 Å². The monoisotopic (exact) mass is 247 g/mol. The number of H-pyrrole nitrogens is 1. The maximum Gasteiger partial charge on any atom is 0.356 e. The second kappa shape index (κ2) is 6.69. The first-order valence-corrected chi connectivity index (χ1v) is 4.79. The second-order valence-electron chi connectivity index (χ2n) is 2.96. The minimum Gasteiger partial charge on any atom is -0.543 e. The zero-order chi connectivity index (χ0) is 13.4. The number of nitrogens with zero attached hydrogens (tertiary/aromatic N) is 2. The van der Waals surface area contributed by atoms with Crippen molar-refractivity contribution in [3.05, 3.63) is 54.4 Å². The standard InChI is InChI=1S/C6H4N2O4.C5H5N/c9-5(10)3-1-7-4(2-8-3)6(11)12;1-2-4-6-5-3-1/h1-2H,(H,9,10)(H,11,12);1-5H. The highest BCUT2D eigenvalue weighted by Gasteiger charge is 2.04. The molecule has 0 aliphatic carbocycles. The summed E-state index contributed by atoms with van der Waals surface area (Å²) in [5.74, 6) is -2.74. The van der Waals surface area contributed by atoms with E-state index >= 15 is 0 Å². The fourth-order valence-corrected chi connectivity index (χ4v) is 0.886. The summed E-state index contributed by atoms with van der Waals surface area (Å²) in [7, 11) is 0. The Kier molecular flexibility index (Phi) is 4.92. The molecule has 0 unspecified atom stereocenters. The number of aromatic nitrogens is 3. The molecule has 0 aromatic carbocycles. The topological polar surface area (TPSA) is 117 Å². The lowest BCUT2D eigenvalue weighted by molar-refractivity contribution is -0.377. The number of carbonyl (C=O) groups is 2. The van der Waals surface area contributed by atoms with Gasteiger partial charge in [-0.2, -0.15) is 0 Å². The Morgan fingerprint density at radius 3 is 1.89 bits per heavy atom. The third-order valence-electron chi connectivity index (χ3n) is 1.69. The van der Waals surface area contributed by atoms with E-state index in [1.165, 1.54) is 0 Å². The van der Waals surface area contributed by atoms with Crippen molar-refractivity contribution in [3.8, 4) is 0 Å². The molecule has 2 aromatic rings. The van der Waals surface area contributed by atoms with Gasteiger partial charge in [-0.1, -0.05) is 6.07 Å². The molecule has 0 saturated heterocycles. The SMILES string of the molecule is O=C([O-])c1cnc(C(=O)O)cn1.c1cc[nH+]cc1. The number of carbonyl (C=O) groups excluding carboxylic acids is 1. The average molecular weight is 247 g/mol. The molecule has 0 amide bonds. The van der Waals surface area contributed by atoms with Crippen molar-refractivity contribution in [2.24, 2.45) is 0 Å². The van der Waals surface area contributed by atoms with Gasteiger partial charge < -0.3 is 15.0 Å². The maximum absolute atomic E-state index is 10.2. The summed E-state index contributed by atoms with van der Waals surface area (Å²) in [5, 5.41) is 18.5. The van der Waals surface area contributed by atoms with Crippen LogP contribution in [0.1, 0.15) is 21.0 Å². The normalized spacial score (nSPS) is 8.89. The number of hydrogen-bond acceptors (Lipinski definition) is 5. The minimum absolute atomic E-state index is 0.306. The quantitative estimate of drug-likeness (QED) is 0.730. The van der Waals surface area contributed by atoms with Crippen LogP contribution in [0.3, 0.4) is 0 Å². The molecule has 0 aliphatic heterocycles. The van der Waals surface area contributed by atoms with Crippen molar-refractivity contribution in [2.45, 2.75) is 0 Å². The Labute approximate surface area is 102 Å². The average Bonchev–Trinajstić information content (AvgIpc) is 2.41. The molecular formula is C11H9N3O4. The van der Waals surface area contributed by atoms with Gasteiger partial charge in [-0.05, 0) is 0 Å². The van der Waals surface area contributed by atoms with E-state index in [0.29, 0.717) is 0 Å². The molecule has 7 heteroatoms. The predicted molar refractivity (Wildman–Crippen MR) is 56.3 cm³/mol. The van der Waals surface area contributed by atoms with Gasteiger partial charge in [-0.15, -0.1) is 0 Å². The summed E-state index contributed by atoms with van der Waals surface area (Å²) < 4.78 is 0. The van der Waals surface area contributed by atoms with Crippen LogP contribution in [0.25, 0.3) is 0 Å². The Balaban J connectivity index is 0.000000225. The van der Waals surface area contributed by atoms with Gasteiger partial charge in [0.05, 0.1) is 18.4 Å². The highest BCUT2D eigenvalue weighted by atomic mass is 16.4. The zero-order valence-corrected chi connectivity index (χ0v) is 9.11. The number of rotatable bonds is 2. The Morgan fingerprint density at radius 1 is 1.06 bits per heavy atom. The largest absolute Gasteiger partial charge is 0.543 e. The summed E-state index contributed by atoms with van der Waals surface area (Å²) >= 11 is 0. The van der Waals surface area contributed by atoms with Crippen LogP contribution < -0.4 is 10.1 Å². The van der Waals surface area contributed by atoms with E-state index in [1.807, 2.05) is 30.6 Å². The number of pyridine rings is 1. The minimum atomic E-state index is -1.49. The van der Waals surface area contributed by atoms with E-state index < -0.39 is 11.9 Å². The molecule has 2 heterocycles. The summed E-state index contributed by atoms with van der Waals surface area (Å²) in [5.41, 5.74) is -0.694. The van der Waals surface area contributed by atoms with Gasteiger partial charge in [-0.25, -0.2) is 14.8 Å². The van der Waals surface area contributed by atoms with Crippen LogP contribution >= 0.6 is 0 Å². The van der Waals surface area contributed by atoms with Gasteiger partial charge in [0.1, 0.15) is 5.69 Å². The molecule has 2 rings (SSSR count). The highest BCUT2D eigenvalue weighted by Crippen LogP contribution is 1.93. The smallest absolute Gasteiger partial charge is 0.356 e. The number of nitrogens with one attached hydrogen (secondary N) is 1. The number of aromatic amines is 1. The van der Waals surface area contributed by atoms with E-state index in [9.17, 15) is 14.7 Å². The molecule has 0 saturated carbocycles. The van der Waals surface area contributed by atoms with Crippen molar-refractivity contribution in [1.82, 2.24) is 9.97 Å². The first-order chi connectivity index (χ1) is 8.61. The van der Waals surface area contributed by atoms with Gasteiger partial charge in [0.2, 0.25) is 0 Å². The molecule has 0 radical (unpaired) electrons. The lowest BCUT2D eigenvalue weighted by atomic mass is 10.4. The molecule has 0 atom stereocenters. The van der Waals surface area contributed by atoms with E-state index in [1.54, 1.807) is 0 Å². The molecule has 2 aromatic heterocycles. The van der Waals surface area contributed by atoms with Crippen molar-refractivity contribution < 1.29 is 24.8 Å². The van der Waals surface area contributed by atoms with Gasteiger partial charge in [0.25, 0.3) is 0 Å². The van der Waals surface area contributed by atoms with Crippen LogP contribution in [-0.4, -0.2) is 27.0 Å². The zero-order valence-electron chi connectivity index (χ0n) is 9.11. The molecule has 7 nitrogen and oxygen atoms in total. The third-order valence-corrected chi connectivity index (χ3v) is 1.69. The molecule has 0 bridgehead atoms. The fourth-order valence-electron chi connectivity index (χ4n) is 0.886. The summed E-state index contributed by atoms with van der Waals surface area (Å²) in [6.45, 7) is 0. The summed E-state index contributed by atoms with van der Waals surface area (Å²) in [4.78, 5) is 29.8. The van der Waals surface area contributed by atoms with Crippen LogP contribution in [0.4, 0.5) is 0 Å². The van der Waals surface area contributed by atoms with Crippen molar-refractivity contribution in [1.29, 1.82) is 0 Å². The molecule has 0 spiro atoms. The van der Waals surface area contributed by atoms with Crippen molar-refractivity contribution in [2.75, 3.05) is 0 Å². The number of aromatic carboxylic acids is 2. The van der Waals surface area contributed by atoms with Gasteiger partial charge in [0, 0.05) is 12.1 Å². The van der Waals surface area contributed by atoms with Gasteiger partial charge >= 0.3 is 5.97 Å². The van der Waals surface area contributed by atoms with E-state index in [0.717, 1.165) is 12.4 Å². The number of hydrogen-bond donors (Lipinski definition) is 1. The Hall–Kier alpha value is -2.83. The van der Waals surface area contributed by atoms with E-state index in [-0.39, 0.29) is 11.4 Å². The van der Waals surface area contributed by atoms with E-state index in [4.69, 9.17) is 5.11 Å². The predicted octanol–water partition coefficient (Wildman–Crippen LogP) is -0.961. The lowest BCUT2D eigenvalue weighted by Crippen LogP contribution is -2.24. The second-order valence-corrected chi connectivity index (χ2v) is 2.96. The first kappa shape index (κ1) is 13.2. The van der Waals surface area contributed by atoms with Gasteiger partial charge in [0.15, 0.2) is 18.1 Å². The van der Waals surface area contributed by atoms with Crippen LogP contribution in [-0.2, 0) is 0 Å². The molecule has 0 fully saturated rings.